The summed E-state index contributed by atoms with van der Waals surface area (Å²) in [4.78, 5) is 15.1. The lowest BCUT2D eigenvalue weighted by molar-refractivity contribution is 1.08. The van der Waals surface area contributed by atoms with Gasteiger partial charge in [0.1, 0.15) is 0 Å². The van der Waals surface area contributed by atoms with E-state index in [0.29, 0.717) is 17.5 Å². The fourth-order valence-corrected chi connectivity index (χ4v) is 8.50. The van der Waals surface area contributed by atoms with Gasteiger partial charge in [-0.25, -0.2) is 15.0 Å². The number of hydrogen-bond acceptors (Lipinski definition) is 4. The van der Waals surface area contributed by atoms with E-state index in [9.17, 15) is 0 Å². The number of benzene rings is 8. The average Bonchev–Trinajstić information content (AvgIpc) is 3.66. The number of hydrogen-bond donors (Lipinski definition) is 0. The molecule has 55 heavy (non-hydrogen) atoms. The molecule has 0 aliphatic rings. The summed E-state index contributed by atoms with van der Waals surface area (Å²) < 4.78 is 2.43. The van der Waals surface area contributed by atoms with Crippen LogP contribution in [0.25, 0.3) is 98.8 Å². The SMILES string of the molecule is c1ccc(-c2cccc(-c3cccc(-c4cccc(-c5ccc6sc7cccc(-c8nc(-c9ccccc9)nc(-c9ccccc9)n8)c7c6c5)c4)c3)c2)cc1. The predicted octanol–water partition coefficient (Wildman–Crippen LogP) is 13.9. The van der Waals surface area contributed by atoms with Gasteiger partial charge in [-0.1, -0.05) is 164 Å². The van der Waals surface area contributed by atoms with Crippen LogP contribution in [0.3, 0.4) is 0 Å². The van der Waals surface area contributed by atoms with Crippen LogP contribution in [0.2, 0.25) is 0 Å². The maximum Gasteiger partial charge on any atom is 0.164 e. The molecule has 0 unspecified atom stereocenters. The highest BCUT2D eigenvalue weighted by atomic mass is 32.1. The first-order chi connectivity index (χ1) is 27.2. The molecule has 0 aliphatic carbocycles. The van der Waals surface area contributed by atoms with Crippen molar-refractivity contribution in [2.75, 3.05) is 0 Å². The summed E-state index contributed by atoms with van der Waals surface area (Å²) in [5, 5.41) is 2.36. The van der Waals surface area contributed by atoms with Crippen LogP contribution in [0.15, 0.2) is 200 Å². The zero-order chi connectivity index (χ0) is 36.6. The molecule has 0 N–H and O–H groups in total. The van der Waals surface area contributed by atoms with Crippen LogP contribution in [-0.2, 0) is 0 Å². The van der Waals surface area contributed by atoms with Crippen molar-refractivity contribution < 1.29 is 0 Å². The van der Waals surface area contributed by atoms with Gasteiger partial charge in [0.05, 0.1) is 0 Å². The molecule has 0 aliphatic heterocycles. The van der Waals surface area contributed by atoms with Crippen molar-refractivity contribution in [1.82, 2.24) is 15.0 Å². The highest BCUT2D eigenvalue weighted by Crippen LogP contribution is 2.42. The monoisotopic (exact) mass is 719 g/mol. The molecular formula is C51H33N3S. The first-order valence-electron chi connectivity index (χ1n) is 18.4. The van der Waals surface area contributed by atoms with E-state index >= 15 is 0 Å². The van der Waals surface area contributed by atoms with E-state index in [4.69, 9.17) is 15.0 Å². The summed E-state index contributed by atoms with van der Waals surface area (Å²) >= 11 is 1.80. The van der Waals surface area contributed by atoms with Crippen LogP contribution in [0.5, 0.6) is 0 Å². The summed E-state index contributed by atoms with van der Waals surface area (Å²) in [6, 6.07) is 70.7. The summed E-state index contributed by atoms with van der Waals surface area (Å²) in [5.74, 6) is 1.98. The van der Waals surface area contributed by atoms with Crippen molar-refractivity contribution in [2.45, 2.75) is 0 Å². The fraction of sp³-hybridized carbons (Fsp3) is 0. The number of rotatable bonds is 7. The maximum atomic E-state index is 5.09. The van der Waals surface area contributed by atoms with Crippen molar-refractivity contribution in [3.05, 3.63) is 200 Å². The minimum atomic E-state index is 0.659. The normalized spacial score (nSPS) is 11.3. The van der Waals surface area contributed by atoms with Crippen molar-refractivity contribution in [3.8, 4) is 78.7 Å². The van der Waals surface area contributed by atoms with Crippen molar-refractivity contribution >= 4 is 31.5 Å². The second kappa shape index (κ2) is 14.1. The van der Waals surface area contributed by atoms with E-state index in [0.717, 1.165) is 22.1 Å². The third kappa shape index (κ3) is 6.39. The molecule has 0 atom stereocenters. The number of fused-ring (bicyclic) bond motifs is 3. The quantitative estimate of drug-likeness (QED) is 0.165. The second-order valence-corrected chi connectivity index (χ2v) is 14.7. The Morgan fingerprint density at radius 1 is 0.273 bits per heavy atom. The van der Waals surface area contributed by atoms with Crippen LogP contribution in [0, 0.1) is 0 Å². The average molecular weight is 720 g/mol. The van der Waals surface area contributed by atoms with Crippen molar-refractivity contribution in [3.63, 3.8) is 0 Å². The minimum absolute atomic E-state index is 0.659. The van der Waals surface area contributed by atoms with Crippen LogP contribution in [0.4, 0.5) is 0 Å². The summed E-state index contributed by atoms with van der Waals surface area (Å²) in [6.07, 6.45) is 0. The lowest BCUT2D eigenvalue weighted by Gasteiger charge is -2.11. The molecule has 0 amide bonds. The molecule has 10 aromatic rings. The smallest absolute Gasteiger partial charge is 0.164 e. The van der Waals surface area contributed by atoms with E-state index in [1.807, 2.05) is 36.4 Å². The summed E-state index contributed by atoms with van der Waals surface area (Å²) in [5.41, 5.74) is 12.5. The Morgan fingerprint density at radius 3 is 1.18 bits per heavy atom. The lowest BCUT2D eigenvalue weighted by Crippen LogP contribution is -2.00. The zero-order valence-electron chi connectivity index (χ0n) is 29.8. The van der Waals surface area contributed by atoms with Crippen LogP contribution in [-0.4, -0.2) is 15.0 Å². The molecule has 3 nitrogen and oxygen atoms in total. The summed E-state index contributed by atoms with van der Waals surface area (Å²) in [7, 11) is 0. The Kier molecular flexibility index (Phi) is 8.36. The molecule has 2 aromatic heterocycles. The van der Waals surface area contributed by atoms with E-state index in [2.05, 4.69) is 164 Å². The van der Waals surface area contributed by atoms with Gasteiger partial charge >= 0.3 is 0 Å². The fourth-order valence-electron chi connectivity index (χ4n) is 7.39. The molecule has 10 rings (SSSR count). The lowest BCUT2D eigenvalue weighted by atomic mass is 9.94. The van der Waals surface area contributed by atoms with Gasteiger partial charge in [-0.15, -0.1) is 11.3 Å². The molecule has 8 aromatic carbocycles. The molecular weight excluding hydrogens is 687 g/mol. The van der Waals surface area contributed by atoms with Crippen molar-refractivity contribution in [1.29, 1.82) is 0 Å². The van der Waals surface area contributed by atoms with Gasteiger partial charge in [-0.2, -0.15) is 0 Å². The number of nitrogens with zero attached hydrogens (tertiary/aromatic N) is 3. The molecule has 0 spiro atoms. The molecule has 0 fully saturated rings. The molecule has 0 saturated heterocycles. The standard InChI is InChI=1S/C51H33N3S/c1-4-14-34(15-5-1)37-20-10-21-38(30-37)39-22-11-23-40(31-39)41-24-12-25-42(32-41)43-28-29-46-45(33-43)48-44(26-13-27-47(48)55-46)51-53-49(35-16-6-2-7-17-35)52-50(54-51)36-18-8-3-9-19-36/h1-33H. The topological polar surface area (TPSA) is 38.7 Å². The predicted molar refractivity (Wildman–Crippen MR) is 231 cm³/mol. The Morgan fingerprint density at radius 2 is 0.673 bits per heavy atom. The molecule has 2 heterocycles. The summed E-state index contributed by atoms with van der Waals surface area (Å²) in [6.45, 7) is 0. The third-order valence-electron chi connectivity index (χ3n) is 10.1. The number of aromatic nitrogens is 3. The van der Waals surface area contributed by atoms with Gasteiger partial charge in [0.15, 0.2) is 17.5 Å². The maximum absolute atomic E-state index is 5.09. The second-order valence-electron chi connectivity index (χ2n) is 13.6. The Hall–Kier alpha value is -7.01. The largest absolute Gasteiger partial charge is 0.208 e. The van der Waals surface area contributed by atoms with Gasteiger partial charge in [-0.3, -0.25) is 0 Å². The van der Waals surface area contributed by atoms with Gasteiger partial charge in [-0.05, 0) is 80.9 Å². The van der Waals surface area contributed by atoms with Gasteiger partial charge in [0.25, 0.3) is 0 Å². The van der Waals surface area contributed by atoms with Crippen molar-refractivity contribution in [2.24, 2.45) is 0 Å². The Bertz CT molecular complexity index is 2910. The van der Waals surface area contributed by atoms with Crippen LogP contribution in [0.1, 0.15) is 0 Å². The van der Waals surface area contributed by atoms with E-state index in [1.54, 1.807) is 11.3 Å². The molecule has 0 radical (unpaired) electrons. The molecule has 258 valence electrons. The minimum Gasteiger partial charge on any atom is -0.208 e. The molecule has 0 bridgehead atoms. The number of thiophene rings is 1. The Labute approximate surface area is 323 Å². The van der Waals surface area contributed by atoms with E-state index < -0.39 is 0 Å². The van der Waals surface area contributed by atoms with Crippen LogP contribution < -0.4 is 0 Å². The van der Waals surface area contributed by atoms with Crippen LogP contribution >= 0.6 is 11.3 Å². The molecule has 4 heteroatoms. The first kappa shape index (κ1) is 32.6. The first-order valence-corrected chi connectivity index (χ1v) is 19.2. The molecule has 0 saturated carbocycles. The van der Waals surface area contributed by atoms with E-state index in [1.165, 1.54) is 59.3 Å². The van der Waals surface area contributed by atoms with Gasteiger partial charge in [0, 0.05) is 36.9 Å². The van der Waals surface area contributed by atoms with E-state index in [-0.39, 0.29) is 0 Å². The van der Waals surface area contributed by atoms with Gasteiger partial charge < -0.3 is 0 Å². The highest BCUT2D eigenvalue weighted by Gasteiger charge is 2.17. The highest BCUT2D eigenvalue weighted by molar-refractivity contribution is 7.26. The zero-order valence-corrected chi connectivity index (χ0v) is 30.6. The third-order valence-corrected chi connectivity index (χ3v) is 11.3. The van der Waals surface area contributed by atoms with Gasteiger partial charge in [0.2, 0.25) is 0 Å². The Balaban J connectivity index is 1.05.